The molecule has 3 N–H and O–H groups in total. The summed E-state index contributed by atoms with van der Waals surface area (Å²) < 4.78 is 6.38. The lowest BCUT2D eigenvalue weighted by molar-refractivity contribution is -0.132. The van der Waals surface area contributed by atoms with Crippen LogP contribution in [0.25, 0.3) is 0 Å². The summed E-state index contributed by atoms with van der Waals surface area (Å²) in [5, 5.41) is 2.86. The summed E-state index contributed by atoms with van der Waals surface area (Å²) in [5.74, 6) is 0.0233. The molecule has 0 saturated carbocycles. The number of hydrogen-bond donors (Lipinski definition) is 2. The van der Waals surface area contributed by atoms with Crippen LogP contribution in [0, 0.1) is 0 Å². The zero-order valence-corrected chi connectivity index (χ0v) is 13.1. The number of anilines is 1. The molecule has 20 heavy (non-hydrogen) atoms. The summed E-state index contributed by atoms with van der Waals surface area (Å²) in [5.41, 5.74) is 7.66. The Balaban J connectivity index is 2.10. The van der Waals surface area contributed by atoms with Gasteiger partial charge in [0, 0.05) is 29.8 Å². The molecule has 1 aliphatic rings. The number of amides is 1. The summed E-state index contributed by atoms with van der Waals surface area (Å²) >= 11 is 3.44. The summed E-state index contributed by atoms with van der Waals surface area (Å²) in [6, 6.07) is 5.60. The maximum absolute atomic E-state index is 12.1. The van der Waals surface area contributed by atoms with Crippen LogP contribution in [-0.2, 0) is 16.1 Å². The van der Waals surface area contributed by atoms with E-state index in [1.807, 2.05) is 25.1 Å². The average molecular weight is 342 g/mol. The van der Waals surface area contributed by atoms with Crippen molar-refractivity contribution in [2.24, 2.45) is 0 Å². The Morgan fingerprint density at radius 3 is 3.05 bits per heavy atom. The van der Waals surface area contributed by atoms with Crippen LogP contribution in [0.5, 0.6) is 0 Å². The van der Waals surface area contributed by atoms with Gasteiger partial charge in [-0.25, -0.2) is 0 Å². The number of carbonyl (C=O) groups is 1. The third-order valence-corrected chi connectivity index (χ3v) is 3.72. The monoisotopic (exact) mass is 341 g/mol. The maximum Gasteiger partial charge on any atom is 0.239 e. The number of nitrogens with one attached hydrogen (secondary N) is 1. The van der Waals surface area contributed by atoms with E-state index < -0.39 is 0 Å². The molecule has 1 heterocycles. The van der Waals surface area contributed by atoms with Gasteiger partial charge in [-0.15, -0.1) is 0 Å². The van der Waals surface area contributed by atoms with Gasteiger partial charge in [0.15, 0.2) is 0 Å². The number of carbonyl (C=O) groups excluding carboxylic acids is 1. The molecule has 0 radical (unpaired) electrons. The van der Waals surface area contributed by atoms with Crippen LogP contribution in [0.15, 0.2) is 22.7 Å². The average Bonchev–Trinajstić information content (AvgIpc) is 2.38. The Morgan fingerprint density at radius 1 is 1.55 bits per heavy atom. The highest BCUT2D eigenvalue weighted by Crippen LogP contribution is 2.20. The van der Waals surface area contributed by atoms with Crippen molar-refractivity contribution in [3.8, 4) is 0 Å². The first-order valence-corrected chi connectivity index (χ1v) is 7.54. The lowest BCUT2D eigenvalue weighted by atomic mass is 10.1. The molecule has 5 nitrogen and oxygen atoms in total. The predicted octanol–water partition coefficient (Wildman–Crippen LogP) is 1.37. The van der Waals surface area contributed by atoms with Crippen LogP contribution in [0.1, 0.15) is 12.5 Å². The highest BCUT2D eigenvalue weighted by atomic mass is 79.9. The normalized spacial score (nSPS) is 19.8. The Morgan fingerprint density at radius 2 is 2.35 bits per heavy atom. The fourth-order valence-corrected chi connectivity index (χ4v) is 2.92. The molecule has 1 aromatic carbocycles. The Hall–Kier alpha value is -1.11. The molecule has 0 spiro atoms. The molecule has 1 amide bonds. The van der Waals surface area contributed by atoms with E-state index >= 15 is 0 Å². The van der Waals surface area contributed by atoms with Crippen LogP contribution in [-0.4, -0.2) is 43.2 Å². The predicted molar refractivity (Wildman–Crippen MR) is 82.3 cm³/mol. The summed E-state index contributed by atoms with van der Waals surface area (Å²) in [6.07, 6.45) is 0. The third kappa shape index (κ3) is 3.94. The quantitative estimate of drug-likeness (QED) is 0.811. The SMILES string of the molecule is CCNC(=O)C1COCCN1Cc1cc(N)cc(Br)c1. The Labute approximate surface area is 127 Å². The van der Waals surface area contributed by atoms with Gasteiger partial charge in [0.1, 0.15) is 6.04 Å². The molecule has 1 unspecified atom stereocenters. The van der Waals surface area contributed by atoms with E-state index in [1.165, 1.54) is 0 Å². The van der Waals surface area contributed by atoms with Gasteiger partial charge in [-0.05, 0) is 30.7 Å². The van der Waals surface area contributed by atoms with E-state index in [0.717, 1.165) is 22.3 Å². The zero-order chi connectivity index (χ0) is 14.5. The van der Waals surface area contributed by atoms with Crippen LogP contribution >= 0.6 is 15.9 Å². The van der Waals surface area contributed by atoms with Crippen LogP contribution in [0.2, 0.25) is 0 Å². The molecule has 1 fully saturated rings. The number of hydrogen-bond acceptors (Lipinski definition) is 4. The van der Waals surface area contributed by atoms with Crippen LogP contribution in [0.4, 0.5) is 5.69 Å². The second-order valence-corrected chi connectivity index (χ2v) is 5.76. The Bertz CT molecular complexity index is 461. The van der Waals surface area contributed by atoms with Crippen molar-refractivity contribution < 1.29 is 9.53 Å². The second-order valence-electron chi connectivity index (χ2n) is 4.85. The van der Waals surface area contributed by atoms with E-state index in [4.69, 9.17) is 10.5 Å². The van der Waals surface area contributed by atoms with Crippen molar-refractivity contribution in [1.82, 2.24) is 10.2 Å². The molecule has 6 heteroatoms. The molecule has 2 rings (SSSR count). The van der Waals surface area contributed by atoms with E-state index in [1.54, 1.807) is 0 Å². The fraction of sp³-hybridized carbons (Fsp3) is 0.500. The zero-order valence-electron chi connectivity index (χ0n) is 11.6. The van der Waals surface area contributed by atoms with Gasteiger partial charge in [0.2, 0.25) is 5.91 Å². The number of rotatable bonds is 4. The number of halogens is 1. The van der Waals surface area contributed by atoms with Gasteiger partial charge in [0.25, 0.3) is 0 Å². The van der Waals surface area contributed by atoms with E-state index in [9.17, 15) is 4.79 Å². The number of benzene rings is 1. The molecule has 1 saturated heterocycles. The van der Waals surface area contributed by atoms with Gasteiger partial charge in [-0.2, -0.15) is 0 Å². The highest BCUT2D eigenvalue weighted by molar-refractivity contribution is 9.10. The van der Waals surface area contributed by atoms with E-state index in [2.05, 4.69) is 26.1 Å². The standard InChI is InChI=1S/C14H20BrN3O2/c1-2-17-14(19)13-9-20-4-3-18(13)8-10-5-11(15)7-12(16)6-10/h5-7,13H,2-4,8-9,16H2,1H3,(H,17,19). The van der Waals surface area contributed by atoms with Crippen molar-refractivity contribution in [3.63, 3.8) is 0 Å². The van der Waals surface area contributed by atoms with E-state index in [0.29, 0.717) is 26.3 Å². The van der Waals surface area contributed by atoms with Crippen LogP contribution < -0.4 is 11.1 Å². The van der Waals surface area contributed by atoms with Gasteiger partial charge >= 0.3 is 0 Å². The number of ether oxygens (including phenoxy) is 1. The Kier molecular flexibility index (Phi) is 5.39. The molecule has 0 aromatic heterocycles. The van der Waals surface area contributed by atoms with E-state index in [-0.39, 0.29) is 11.9 Å². The largest absolute Gasteiger partial charge is 0.399 e. The van der Waals surface area contributed by atoms with Crippen molar-refractivity contribution in [3.05, 3.63) is 28.2 Å². The lowest BCUT2D eigenvalue weighted by Gasteiger charge is -2.34. The lowest BCUT2D eigenvalue weighted by Crippen LogP contribution is -2.53. The van der Waals surface area contributed by atoms with Gasteiger partial charge in [-0.3, -0.25) is 9.69 Å². The molecule has 1 atom stereocenters. The topological polar surface area (TPSA) is 67.6 Å². The van der Waals surface area contributed by atoms with Gasteiger partial charge in [0.05, 0.1) is 13.2 Å². The molecule has 0 bridgehead atoms. The number of nitrogens with two attached hydrogens (primary N) is 1. The van der Waals surface area contributed by atoms with Gasteiger partial charge < -0.3 is 15.8 Å². The number of nitrogens with zero attached hydrogens (tertiary/aromatic N) is 1. The van der Waals surface area contributed by atoms with Crippen molar-refractivity contribution in [1.29, 1.82) is 0 Å². The minimum Gasteiger partial charge on any atom is -0.399 e. The molecular formula is C14H20BrN3O2. The van der Waals surface area contributed by atoms with Crippen LogP contribution in [0.3, 0.4) is 0 Å². The summed E-state index contributed by atoms with van der Waals surface area (Å²) in [6.45, 7) is 5.08. The highest BCUT2D eigenvalue weighted by Gasteiger charge is 2.29. The molecular weight excluding hydrogens is 322 g/mol. The first kappa shape index (κ1) is 15.3. The van der Waals surface area contributed by atoms with Crippen molar-refractivity contribution in [2.75, 3.05) is 32.0 Å². The first-order chi connectivity index (χ1) is 9.60. The van der Waals surface area contributed by atoms with Crippen molar-refractivity contribution in [2.45, 2.75) is 19.5 Å². The summed E-state index contributed by atoms with van der Waals surface area (Å²) in [7, 11) is 0. The van der Waals surface area contributed by atoms with Gasteiger partial charge in [-0.1, -0.05) is 15.9 Å². The molecule has 1 aromatic rings. The number of nitrogen functional groups attached to an aromatic ring is 1. The molecule has 110 valence electrons. The smallest absolute Gasteiger partial charge is 0.239 e. The second kappa shape index (κ2) is 7.06. The molecule has 1 aliphatic heterocycles. The fourth-order valence-electron chi connectivity index (χ4n) is 2.36. The minimum atomic E-state index is -0.232. The molecule has 0 aliphatic carbocycles. The first-order valence-electron chi connectivity index (χ1n) is 6.74. The maximum atomic E-state index is 12.1. The summed E-state index contributed by atoms with van der Waals surface area (Å²) in [4.78, 5) is 14.2. The number of likely N-dealkylation sites (N-methyl/N-ethyl adjacent to an activating group) is 1. The third-order valence-electron chi connectivity index (χ3n) is 3.26. The number of morpholine rings is 1. The van der Waals surface area contributed by atoms with Crippen molar-refractivity contribution >= 4 is 27.5 Å². The minimum absolute atomic E-state index is 0.0233.